The molecule has 0 amide bonds. The molecule has 0 aromatic heterocycles. The van der Waals surface area contributed by atoms with E-state index in [4.69, 9.17) is 0 Å². The van der Waals surface area contributed by atoms with E-state index in [1.807, 2.05) is 0 Å². The molecule has 85 valence electrons. The highest BCUT2D eigenvalue weighted by molar-refractivity contribution is 4.53. The molecule has 0 rings (SSSR count). The minimum atomic E-state index is 1.02. The fraction of sp³-hybridized carbons (Fsp3) is 0.917. The number of likely N-dealkylation sites (N-methyl/N-ethyl adjacent to an activating group) is 2. The molecule has 1 radical (unpaired) electrons. The summed E-state index contributed by atoms with van der Waals surface area (Å²) in [6.07, 6.45) is 0. The van der Waals surface area contributed by atoms with Crippen LogP contribution in [-0.4, -0.2) is 55.2 Å². The Morgan fingerprint density at radius 2 is 1.50 bits per heavy atom. The zero-order valence-corrected chi connectivity index (χ0v) is 10.6. The van der Waals surface area contributed by atoms with E-state index in [1.54, 1.807) is 0 Å². The summed E-state index contributed by atoms with van der Waals surface area (Å²) in [6, 6.07) is 0. The largest absolute Gasteiger partial charge is 0.323 e. The smallest absolute Gasteiger partial charge is 0.0915 e. The van der Waals surface area contributed by atoms with Crippen LogP contribution < -0.4 is 0 Å². The van der Waals surface area contributed by atoms with Crippen molar-refractivity contribution in [1.82, 2.24) is 4.90 Å². The Balaban J connectivity index is 4.04. The topological polar surface area (TPSA) is 3.24 Å². The third kappa shape index (κ3) is 3.97. The lowest BCUT2D eigenvalue weighted by Crippen LogP contribution is -2.51. The van der Waals surface area contributed by atoms with Gasteiger partial charge in [0, 0.05) is 13.5 Å². The summed E-state index contributed by atoms with van der Waals surface area (Å²) in [5.74, 6) is 0. The Labute approximate surface area is 90.5 Å². The second kappa shape index (κ2) is 7.24. The molecule has 0 N–H and O–H groups in total. The van der Waals surface area contributed by atoms with Crippen LogP contribution in [0.25, 0.3) is 0 Å². The Bertz CT molecular complexity index is 118. The van der Waals surface area contributed by atoms with Gasteiger partial charge in [0.05, 0.1) is 26.2 Å². The van der Waals surface area contributed by atoms with Crippen LogP contribution >= 0.6 is 0 Å². The first-order valence-electron chi connectivity index (χ1n) is 6.04. The third-order valence-electron chi connectivity index (χ3n) is 3.60. The van der Waals surface area contributed by atoms with Crippen LogP contribution in [-0.2, 0) is 0 Å². The van der Waals surface area contributed by atoms with Crippen molar-refractivity contribution in [2.45, 2.75) is 27.7 Å². The van der Waals surface area contributed by atoms with Gasteiger partial charge in [-0.2, -0.15) is 0 Å². The average Bonchev–Trinajstić information content (AvgIpc) is 2.26. The molecule has 14 heavy (non-hydrogen) atoms. The second-order valence-corrected chi connectivity index (χ2v) is 3.95. The van der Waals surface area contributed by atoms with Crippen molar-refractivity contribution in [3.8, 4) is 0 Å². The lowest BCUT2D eigenvalue weighted by Gasteiger charge is -2.37. The van der Waals surface area contributed by atoms with Gasteiger partial charge >= 0.3 is 0 Å². The van der Waals surface area contributed by atoms with Gasteiger partial charge in [0.25, 0.3) is 0 Å². The number of hydrogen-bond acceptors (Lipinski definition) is 1. The Hall–Kier alpha value is -0.0800. The molecular weight excluding hydrogens is 172 g/mol. The monoisotopic (exact) mass is 200 g/mol. The molecule has 2 nitrogen and oxygen atoms in total. The maximum absolute atomic E-state index is 4.08. The van der Waals surface area contributed by atoms with Gasteiger partial charge in [0.15, 0.2) is 0 Å². The van der Waals surface area contributed by atoms with Crippen molar-refractivity contribution in [2.75, 3.05) is 45.8 Å². The van der Waals surface area contributed by atoms with E-state index in [-0.39, 0.29) is 0 Å². The van der Waals surface area contributed by atoms with Gasteiger partial charge in [-0.25, -0.2) is 0 Å². The van der Waals surface area contributed by atoms with Crippen molar-refractivity contribution in [3.05, 3.63) is 6.92 Å². The van der Waals surface area contributed by atoms with Crippen molar-refractivity contribution in [3.63, 3.8) is 0 Å². The van der Waals surface area contributed by atoms with Gasteiger partial charge in [-0.3, -0.25) is 4.90 Å². The summed E-state index contributed by atoms with van der Waals surface area (Å²) in [7, 11) is 0. The highest BCUT2D eigenvalue weighted by Gasteiger charge is 2.20. The highest BCUT2D eigenvalue weighted by Crippen LogP contribution is 2.05. The first kappa shape index (κ1) is 13.9. The molecule has 0 aromatic rings. The number of rotatable bonds is 8. The van der Waals surface area contributed by atoms with E-state index < -0.39 is 0 Å². The summed E-state index contributed by atoms with van der Waals surface area (Å²) in [4.78, 5) is 2.49. The molecule has 0 aliphatic rings. The van der Waals surface area contributed by atoms with Crippen LogP contribution in [0, 0.1) is 6.92 Å². The van der Waals surface area contributed by atoms with Crippen LogP contribution in [0.3, 0.4) is 0 Å². The van der Waals surface area contributed by atoms with Crippen LogP contribution in [0.15, 0.2) is 0 Å². The molecule has 0 spiro atoms. The second-order valence-electron chi connectivity index (χ2n) is 3.95. The zero-order chi connectivity index (χ0) is 11.0. The normalized spacial score (nSPS) is 12.4. The molecule has 0 atom stereocenters. The first-order valence-corrected chi connectivity index (χ1v) is 6.04. The van der Waals surface area contributed by atoms with Gasteiger partial charge in [-0.1, -0.05) is 13.8 Å². The molecular formula is C12H28N2+. The van der Waals surface area contributed by atoms with E-state index in [9.17, 15) is 0 Å². The maximum Gasteiger partial charge on any atom is 0.0915 e. The highest BCUT2D eigenvalue weighted by atomic mass is 15.4. The van der Waals surface area contributed by atoms with Crippen LogP contribution in [0.2, 0.25) is 0 Å². The van der Waals surface area contributed by atoms with Gasteiger partial charge in [-0.05, 0) is 26.9 Å². The van der Waals surface area contributed by atoms with Crippen LogP contribution in [0.5, 0.6) is 0 Å². The number of quaternary nitrogens is 1. The Morgan fingerprint density at radius 3 is 1.79 bits per heavy atom. The minimum Gasteiger partial charge on any atom is -0.323 e. The summed E-state index contributed by atoms with van der Waals surface area (Å²) in [5, 5.41) is 0. The third-order valence-corrected chi connectivity index (χ3v) is 3.60. The van der Waals surface area contributed by atoms with Gasteiger partial charge in [-0.15, -0.1) is 0 Å². The summed E-state index contributed by atoms with van der Waals surface area (Å²) in [5.41, 5.74) is 0. The van der Waals surface area contributed by atoms with Crippen molar-refractivity contribution in [1.29, 1.82) is 0 Å². The first-order chi connectivity index (χ1) is 6.67. The molecule has 0 unspecified atom stereocenters. The zero-order valence-electron chi connectivity index (χ0n) is 10.6. The van der Waals surface area contributed by atoms with Crippen LogP contribution in [0.4, 0.5) is 0 Å². The minimum absolute atomic E-state index is 1.02. The fourth-order valence-corrected chi connectivity index (χ4v) is 1.86. The van der Waals surface area contributed by atoms with Crippen molar-refractivity contribution in [2.24, 2.45) is 0 Å². The fourth-order valence-electron chi connectivity index (χ4n) is 1.86. The lowest BCUT2D eigenvalue weighted by atomic mass is 10.3. The predicted molar refractivity (Wildman–Crippen MR) is 64.2 cm³/mol. The van der Waals surface area contributed by atoms with Gasteiger partial charge in [0.2, 0.25) is 0 Å². The van der Waals surface area contributed by atoms with Crippen molar-refractivity contribution < 1.29 is 4.48 Å². The van der Waals surface area contributed by atoms with Gasteiger partial charge in [0.1, 0.15) is 0 Å². The molecule has 2 heteroatoms. The molecule has 0 saturated heterocycles. The van der Waals surface area contributed by atoms with Crippen molar-refractivity contribution >= 4 is 0 Å². The number of nitrogens with zero attached hydrogens (tertiary/aromatic N) is 2. The molecule has 0 bridgehead atoms. The standard InChI is InChI=1S/C12H28N2/c1-6-13(7-2)11-12-14(8-3,9-4)10-5/h3,6-12H2,1-2,4-5H3/q+1. The van der Waals surface area contributed by atoms with Gasteiger partial charge < -0.3 is 4.48 Å². The molecule has 0 aliphatic carbocycles. The quantitative estimate of drug-likeness (QED) is 0.542. The van der Waals surface area contributed by atoms with E-state index in [0.29, 0.717) is 0 Å². The summed E-state index contributed by atoms with van der Waals surface area (Å²) in [6.45, 7) is 21.3. The van der Waals surface area contributed by atoms with Crippen LogP contribution in [0.1, 0.15) is 27.7 Å². The Kier molecular flexibility index (Phi) is 7.20. The average molecular weight is 200 g/mol. The molecule has 0 fully saturated rings. The summed E-state index contributed by atoms with van der Waals surface area (Å²) < 4.78 is 1.16. The van der Waals surface area contributed by atoms with E-state index >= 15 is 0 Å². The molecule has 0 heterocycles. The lowest BCUT2D eigenvalue weighted by molar-refractivity contribution is -0.919. The predicted octanol–water partition coefficient (Wildman–Crippen LogP) is 2.02. The maximum atomic E-state index is 4.08. The van der Waals surface area contributed by atoms with E-state index in [1.165, 1.54) is 39.3 Å². The summed E-state index contributed by atoms with van der Waals surface area (Å²) >= 11 is 0. The SMILES string of the molecule is [CH2]C[N+](CC)(CC)CCN(CC)CC. The molecule has 0 saturated carbocycles. The number of hydrogen-bond donors (Lipinski definition) is 0. The van der Waals surface area contributed by atoms with E-state index in [2.05, 4.69) is 39.5 Å². The Morgan fingerprint density at radius 1 is 1.00 bits per heavy atom. The van der Waals surface area contributed by atoms with E-state index in [0.717, 1.165) is 11.0 Å². The molecule has 0 aromatic carbocycles. The molecule has 0 aliphatic heterocycles.